The molecule has 1 N–H and O–H groups in total. The molecule has 0 amide bonds. The van der Waals surface area contributed by atoms with Gasteiger partial charge in [0.15, 0.2) is 0 Å². The van der Waals surface area contributed by atoms with Crippen LogP contribution in [0.1, 0.15) is 32.3 Å². The third-order valence-corrected chi connectivity index (χ3v) is 4.01. The van der Waals surface area contributed by atoms with Gasteiger partial charge in [-0.15, -0.1) is 0 Å². The molecule has 0 atom stereocenters. The van der Waals surface area contributed by atoms with Crippen molar-refractivity contribution < 1.29 is 4.74 Å². The standard InChI is InChI=1S/C16H25NOS/c1-13(2)9-17-10-15-4-3-5-16(8-15)19-12-18-11-14-6-7-14/h3-5,8,13-14,17H,6-7,9-12H2,1-2H3. The van der Waals surface area contributed by atoms with Gasteiger partial charge in [-0.1, -0.05) is 37.7 Å². The Balaban J connectivity index is 1.67. The minimum atomic E-state index is 0.702. The highest BCUT2D eigenvalue weighted by molar-refractivity contribution is 7.99. The summed E-state index contributed by atoms with van der Waals surface area (Å²) in [5, 5.41) is 3.48. The van der Waals surface area contributed by atoms with Gasteiger partial charge in [0.2, 0.25) is 0 Å². The van der Waals surface area contributed by atoms with E-state index in [0.717, 1.165) is 31.6 Å². The summed E-state index contributed by atoms with van der Waals surface area (Å²) < 4.78 is 5.66. The third kappa shape index (κ3) is 6.46. The average molecular weight is 279 g/mol. The quantitative estimate of drug-likeness (QED) is 0.421. The second kappa shape index (κ2) is 7.93. The second-order valence-corrected chi connectivity index (χ2v) is 6.74. The monoisotopic (exact) mass is 279 g/mol. The van der Waals surface area contributed by atoms with E-state index in [1.54, 1.807) is 11.8 Å². The van der Waals surface area contributed by atoms with Crippen LogP contribution in [-0.4, -0.2) is 19.1 Å². The molecule has 0 bridgehead atoms. The first-order valence-corrected chi connectivity index (χ1v) is 8.23. The first-order chi connectivity index (χ1) is 9.24. The topological polar surface area (TPSA) is 21.3 Å². The van der Waals surface area contributed by atoms with Crippen molar-refractivity contribution >= 4 is 11.8 Å². The smallest absolute Gasteiger partial charge is 0.0967 e. The summed E-state index contributed by atoms with van der Waals surface area (Å²) in [6, 6.07) is 8.74. The number of nitrogens with one attached hydrogen (secondary N) is 1. The Bertz CT molecular complexity index is 377. The fraction of sp³-hybridized carbons (Fsp3) is 0.625. The molecule has 1 aliphatic carbocycles. The van der Waals surface area contributed by atoms with Crippen molar-refractivity contribution in [3.8, 4) is 0 Å². The molecule has 2 rings (SSSR count). The van der Waals surface area contributed by atoms with Gasteiger partial charge in [0.1, 0.15) is 0 Å². The Labute approximate surface area is 121 Å². The second-order valence-electron chi connectivity index (χ2n) is 5.75. The lowest BCUT2D eigenvalue weighted by Crippen LogP contribution is -2.18. The van der Waals surface area contributed by atoms with E-state index in [4.69, 9.17) is 4.74 Å². The summed E-state index contributed by atoms with van der Waals surface area (Å²) in [5.41, 5.74) is 1.35. The van der Waals surface area contributed by atoms with Crippen molar-refractivity contribution in [1.29, 1.82) is 0 Å². The summed E-state index contributed by atoms with van der Waals surface area (Å²) in [6.07, 6.45) is 2.73. The van der Waals surface area contributed by atoms with Crippen LogP contribution < -0.4 is 5.32 Å². The van der Waals surface area contributed by atoms with E-state index in [9.17, 15) is 0 Å². The normalized spacial score (nSPS) is 15.1. The van der Waals surface area contributed by atoms with E-state index in [1.807, 2.05) is 0 Å². The van der Waals surface area contributed by atoms with Gasteiger partial charge in [-0.25, -0.2) is 0 Å². The Morgan fingerprint density at radius 3 is 2.95 bits per heavy atom. The summed E-state index contributed by atoms with van der Waals surface area (Å²) in [7, 11) is 0. The van der Waals surface area contributed by atoms with Crippen LogP contribution in [0.3, 0.4) is 0 Å². The van der Waals surface area contributed by atoms with E-state index in [2.05, 4.69) is 43.4 Å². The number of hydrogen-bond acceptors (Lipinski definition) is 3. The molecule has 1 aromatic carbocycles. The minimum Gasteiger partial charge on any atom is -0.370 e. The molecule has 1 aromatic rings. The van der Waals surface area contributed by atoms with Crippen LogP contribution in [0.15, 0.2) is 29.2 Å². The molecule has 1 saturated carbocycles. The van der Waals surface area contributed by atoms with Crippen LogP contribution in [-0.2, 0) is 11.3 Å². The van der Waals surface area contributed by atoms with Crippen LogP contribution in [0.2, 0.25) is 0 Å². The molecule has 0 aliphatic heterocycles. The molecule has 19 heavy (non-hydrogen) atoms. The van der Waals surface area contributed by atoms with E-state index in [-0.39, 0.29) is 0 Å². The van der Waals surface area contributed by atoms with Gasteiger partial charge in [-0.05, 0) is 48.9 Å². The highest BCUT2D eigenvalue weighted by Crippen LogP contribution is 2.29. The van der Waals surface area contributed by atoms with Gasteiger partial charge >= 0.3 is 0 Å². The SMILES string of the molecule is CC(C)CNCc1cccc(SCOCC2CC2)c1. The minimum absolute atomic E-state index is 0.702. The van der Waals surface area contributed by atoms with Crippen molar-refractivity contribution in [3.63, 3.8) is 0 Å². The zero-order valence-electron chi connectivity index (χ0n) is 12.0. The lowest BCUT2D eigenvalue weighted by Gasteiger charge is -2.09. The zero-order valence-corrected chi connectivity index (χ0v) is 12.8. The van der Waals surface area contributed by atoms with Crippen LogP contribution in [0.5, 0.6) is 0 Å². The molecule has 3 heteroatoms. The fourth-order valence-corrected chi connectivity index (χ4v) is 2.58. The first kappa shape index (κ1) is 14.9. The Morgan fingerprint density at radius 2 is 2.21 bits per heavy atom. The first-order valence-electron chi connectivity index (χ1n) is 7.24. The number of ether oxygens (including phenoxy) is 1. The maximum Gasteiger partial charge on any atom is 0.0967 e. The molecule has 0 aromatic heterocycles. The number of rotatable bonds is 9. The summed E-state index contributed by atoms with van der Waals surface area (Å²) in [5.74, 6) is 2.33. The van der Waals surface area contributed by atoms with Gasteiger partial charge in [0.25, 0.3) is 0 Å². The Morgan fingerprint density at radius 1 is 1.37 bits per heavy atom. The number of benzene rings is 1. The largest absolute Gasteiger partial charge is 0.370 e. The molecule has 106 valence electrons. The number of thioether (sulfide) groups is 1. The number of hydrogen-bond donors (Lipinski definition) is 1. The highest BCUT2D eigenvalue weighted by Gasteiger charge is 2.20. The molecule has 0 spiro atoms. The lowest BCUT2D eigenvalue weighted by molar-refractivity contribution is 0.171. The van der Waals surface area contributed by atoms with Crippen molar-refractivity contribution in [3.05, 3.63) is 29.8 Å². The van der Waals surface area contributed by atoms with Crippen molar-refractivity contribution in [2.24, 2.45) is 11.8 Å². The van der Waals surface area contributed by atoms with E-state index in [0.29, 0.717) is 5.92 Å². The molecule has 0 saturated heterocycles. The van der Waals surface area contributed by atoms with Gasteiger partial charge in [-0.3, -0.25) is 0 Å². The molecule has 0 radical (unpaired) electrons. The fourth-order valence-electron chi connectivity index (χ4n) is 1.86. The van der Waals surface area contributed by atoms with Gasteiger partial charge in [0, 0.05) is 11.4 Å². The maximum atomic E-state index is 5.66. The van der Waals surface area contributed by atoms with Gasteiger partial charge in [-0.2, -0.15) is 0 Å². The zero-order chi connectivity index (χ0) is 13.5. The summed E-state index contributed by atoms with van der Waals surface area (Å²) >= 11 is 1.79. The van der Waals surface area contributed by atoms with Crippen LogP contribution in [0.4, 0.5) is 0 Å². The van der Waals surface area contributed by atoms with Crippen LogP contribution in [0.25, 0.3) is 0 Å². The molecular formula is C16H25NOS. The van der Waals surface area contributed by atoms with Crippen LogP contribution in [0, 0.1) is 11.8 Å². The van der Waals surface area contributed by atoms with Gasteiger partial charge in [0.05, 0.1) is 12.5 Å². The summed E-state index contributed by atoms with van der Waals surface area (Å²) in [6.45, 7) is 7.44. The van der Waals surface area contributed by atoms with Gasteiger partial charge < -0.3 is 10.1 Å². The molecule has 2 nitrogen and oxygen atoms in total. The highest BCUT2D eigenvalue weighted by atomic mass is 32.2. The molecular weight excluding hydrogens is 254 g/mol. The molecule has 0 unspecified atom stereocenters. The van der Waals surface area contributed by atoms with Crippen LogP contribution >= 0.6 is 11.8 Å². The molecule has 1 fully saturated rings. The van der Waals surface area contributed by atoms with Crippen molar-refractivity contribution in [2.75, 3.05) is 19.1 Å². The Kier molecular flexibility index (Phi) is 6.21. The van der Waals surface area contributed by atoms with Crippen molar-refractivity contribution in [1.82, 2.24) is 5.32 Å². The van der Waals surface area contributed by atoms with E-state index in [1.165, 1.54) is 23.3 Å². The summed E-state index contributed by atoms with van der Waals surface area (Å²) in [4.78, 5) is 1.31. The maximum absolute atomic E-state index is 5.66. The Hall–Kier alpha value is -0.510. The third-order valence-electron chi connectivity index (χ3n) is 3.14. The van der Waals surface area contributed by atoms with E-state index >= 15 is 0 Å². The predicted molar refractivity (Wildman–Crippen MR) is 82.4 cm³/mol. The molecule has 1 aliphatic rings. The van der Waals surface area contributed by atoms with E-state index < -0.39 is 0 Å². The predicted octanol–water partition coefficient (Wildman–Crippen LogP) is 3.91. The van der Waals surface area contributed by atoms with Crippen molar-refractivity contribution in [2.45, 2.75) is 38.1 Å². The lowest BCUT2D eigenvalue weighted by atomic mass is 10.2. The molecule has 0 heterocycles. The average Bonchev–Trinajstić information content (AvgIpc) is 3.19.